The number of para-hydroxylation sites is 2. The summed E-state index contributed by atoms with van der Waals surface area (Å²) in [5.41, 5.74) is 3.01. The second-order valence-electron chi connectivity index (χ2n) is 8.41. The zero-order chi connectivity index (χ0) is 22.2. The third-order valence-corrected chi connectivity index (χ3v) is 6.44. The van der Waals surface area contributed by atoms with Gasteiger partial charge in [0.1, 0.15) is 0 Å². The molecule has 2 saturated heterocycles. The minimum absolute atomic E-state index is 0.0467. The number of aromatic amines is 1. The standard InChI is InChI=1S/C24H24N4O4/c29-21-9-10-22(30)27(21)15-16-5-7-17(8-6-16)23(31)26-13-11-18(12-14-26)28-20-4-2-1-3-19(20)25-24(28)32/h1-8,18H,9-15H2,(H,25,32). The predicted octanol–water partition coefficient (Wildman–Crippen LogP) is 2.46. The number of hydrogen-bond acceptors (Lipinski definition) is 4. The molecule has 3 amide bonds. The predicted molar refractivity (Wildman–Crippen MR) is 118 cm³/mol. The second-order valence-corrected chi connectivity index (χ2v) is 8.41. The Morgan fingerprint density at radius 2 is 1.56 bits per heavy atom. The molecule has 2 aromatic carbocycles. The first kappa shape index (κ1) is 20.2. The Kier molecular flexibility index (Phi) is 5.13. The summed E-state index contributed by atoms with van der Waals surface area (Å²) in [7, 11) is 0. The molecule has 0 aliphatic carbocycles. The van der Waals surface area contributed by atoms with Gasteiger partial charge in [-0.1, -0.05) is 24.3 Å². The molecule has 3 aromatic rings. The number of nitrogens with one attached hydrogen (secondary N) is 1. The van der Waals surface area contributed by atoms with Crippen LogP contribution in [0.3, 0.4) is 0 Å². The van der Waals surface area contributed by atoms with Crippen LogP contribution < -0.4 is 5.69 Å². The van der Waals surface area contributed by atoms with Gasteiger partial charge in [-0.2, -0.15) is 0 Å². The zero-order valence-corrected chi connectivity index (χ0v) is 17.6. The van der Waals surface area contributed by atoms with E-state index >= 15 is 0 Å². The molecule has 164 valence electrons. The van der Waals surface area contributed by atoms with E-state index in [0.717, 1.165) is 16.6 Å². The van der Waals surface area contributed by atoms with E-state index in [0.29, 0.717) is 31.5 Å². The van der Waals surface area contributed by atoms with Crippen molar-refractivity contribution in [1.82, 2.24) is 19.4 Å². The molecule has 5 rings (SSSR count). The quantitative estimate of drug-likeness (QED) is 0.641. The number of piperidine rings is 1. The number of carbonyl (C=O) groups is 3. The van der Waals surface area contributed by atoms with Gasteiger partial charge in [-0.05, 0) is 42.7 Å². The fourth-order valence-electron chi connectivity index (χ4n) is 4.68. The summed E-state index contributed by atoms with van der Waals surface area (Å²) in [6.07, 6.45) is 1.97. The summed E-state index contributed by atoms with van der Waals surface area (Å²) in [6, 6.07) is 14.8. The van der Waals surface area contributed by atoms with Crippen molar-refractivity contribution in [2.24, 2.45) is 0 Å². The minimum atomic E-state index is -0.146. The molecule has 2 fully saturated rings. The Labute approximate surface area is 184 Å². The summed E-state index contributed by atoms with van der Waals surface area (Å²) in [5, 5.41) is 0. The van der Waals surface area contributed by atoms with Crippen LogP contribution in [0.25, 0.3) is 11.0 Å². The number of hydrogen-bond donors (Lipinski definition) is 1. The van der Waals surface area contributed by atoms with Crippen molar-refractivity contribution < 1.29 is 14.4 Å². The summed E-state index contributed by atoms with van der Waals surface area (Å²) >= 11 is 0. The largest absolute Gasteiger partial charge is 0.338 e. The van der Waals surface area contributed by atoms with Crippen LogP contribution in [0.5, 0.6) is 0 Å². The van der Waals surface area contributed by atoms with Crippen molar-refractivity contribution in [2.75, 3.05) is 13.1 Å². The van der Waals surface area contributed by atoms with Gasteiger partial charge in [0.15, 0.2) is 0 Å². The molecular weight excluding hydrogens is 408 g/mol. The number of nitrogens with zero attached hydrogens (tertiary/aromatic N) is 3. The normalized spacial score (nSPS) is 17.5. The monoisotopic (exact) mass is 432 g/mol. The average molecular weight is 432 g/mol. The van der Waals surface area contributed by atoms with E-state index in [1.807, 2.05) is 33.7 Å². The van der Waals surface area contributed by atoms with Crippen LogP contribution in [0.2, 0.25) is 0 Å². The number of aromatic nitrogens is 2. The van der Waals surface area contributed by atoms with Crippen LogP contribution in [-0.4, -0.2) is 50.2 Å². The van der Waals surface area contributed by atoms with Crippen molar-refractivity contribution in [3.8, 4) is 0 Å². The topological polar surface area (TPSA) is 95.5 Å². The van der Waals surface area contributed by atoms with Crippen molar-refractivity contribution in [1.29, 1.82) is 0 Å². The third-order valence-electron chi connectivity index (χ3n) is 6.44. The molecule has 2 aliphatic heterocycles. The Hall–Kier alpha value is -3.68. The van der Waals surface area contributed by atoms with Gasteiger partial charge in [-0.3, -0.25) is 23.9 Å². The Morgan fingerprint density at radius 3 is 2.25 bits per heavy atom. The number of imidazole rings is 1. The Balaban J connectivity index is 1.23. The molecule has 32 heavy (non-hydrogen) atoms. The number of likely N-dealkylation sites (tertiary alicyclic amines) is 2. The SMILES string of the molecule is O=C(c1ccc(CN2C(=O)CCC2=O)cc1)N1CCC(n2c(=O)[nH]c3ccccc32)CC1. The first-order valence-corrected chi connectivity index (χ1v) is 10.9. The summed E-state index contributed by atoms with van der Waals surface area (Å²) < 4.78 is 1.81. The van der Waals surface area contributed by atoms with E-state index in [2.05, 4.69) is 4.98 Å². The maximum absolute atomic E-state index is 13.0. The lowest BCUT2D eigenvalue weighted by molar-refractivity contribution is -0.139. The van der Waals surface area contributed by atoms with Gasteiger partial charge in [0.2, 0.25) is 11.8 Å². The molecule has 0 bridgehead atoms. The molecule has 0 spiro atoms. The van der Waals surface area contributed by atoms with Gasteiger partial charge in [0, 0.05) is 37.5 Å². The summed E-state index contributed by atoms with van der Waals surface area (Å²) in [4.78, 5) is 55.0. The molecule has 1 N–H and O–H groups in total. The molecule has 0 radical (unpaired) electrons. The van der Waals surface area contributed by atoms with Crippen LogP contribution in [0.15, 0.2) is 53.3 Å². The number of H-pyrrole nitrogens is 1. The molecule has 2 aliphatic rings. The first-order valence-electron chi connectivity index (χ1n) is 10.9. The highest BCUT2D eigenvalue weighted by Gasteiger charge is 2.29. The van der Waals surface area contributed by atoms with Crippen molar-refractivity contribution >= 4 is 28.8 Å². The highest BCUT2D eigenvalue weighted by atomic mass is 16.2. The molecule has 0 saturated carbocycles. The Morgan fingerprint density at radius 1 is 0.906 bits per heavy atom. The van der Waals surface area contributed by atoms with Crippen LogP contribution in [0.4, 0.5) is 0 Å². The lowest BCUT2D eigenvalue weighted by Gasteiger charge is -2.32. The highest BCUT2D eigenvalue weighted by Crippen LogP contribution is 2.26. The number of benzene rings is 2. The van der Waals surface area contributed by atoms with Gasteiger partial charge < -0.3 is 9.88 Å². The molecule has 0 unspecified atom stereocenters. The van der Waals surface area contributed by atoms with Gasteiger partial charge in [-0.15, -0.1) is 0 Å². The molecule has 8 heteroatoms. The fraction of sp³-hybridized carbons (Fsp3) is 0.333. The van der Waals surface area contributed by atoms with E-state index in [9.17, 15) is 19.2 Å². The number of rotatable bonds is 4. The van der Waals surface area contributed by atoms with E-state index in [1.54, 1.807) is 24.3 Å². The molecule has 0 atom stereocenters. The first-order chi connectivity index (χ1) is 15.5. The van der Waals surface area contributed by atoms with E-state index in [1.165, 1.54) is 4.90 Å². The molecular formula is C24H24N4O4. The van der Waals surface area contributed by atoms with Gasteiger partial charge in [0.25, 0.3) is 5.91 Å². The maximum atomic E-state index is 13.0. The summed E-state index contributed by atoms with van der Waals surface area (Å²) in [5.74, 6) is -0.339. The lowest BCUT2D eigenvalue weighted by atomic mass is 10.0. The molecule has 1 aromatic heterocycles. The number of fused-ring (bicyclic) bond motifs is 1. The van der Waals surface area contributed by atoms with Crippen LogP contribution in [-0.2, 0) is 16.1 Å². The van der Waals surface area contributed by atoms with Gasteiger partial charge >= 0.3 is 5.69 Å². The summed E-state index contributed by atoms with van der Waals surface area (Å²) in [6.45, 7) is 1.40. The maximum Gasteiger partial charge on any atom is 0.326 e. The Bertz CT molecular complexity index is 1230. The lowest BCUT2D eigenvalue weighted by Crippen LogP contribution is -2.40. The van der Waals surface area contributed by atoms with E-state index in [-0.39, 0.29) is 48.8 Å². The highest BCUT2D eigenvalue weighted by molar-refractivity contribution is 6.01. The molecule has 8 nitrogen and oxygen atoms in total. The van der Waals surface area contributed by atoms with Crippen molar-refractivity contribution in [2.45, 2.75) is 38.3 Å². The van der Waals surface area contributed by atoms with Crippen LogP contribution >= 0.6 is 0 Å². The third kappa shape index (κ3) is 3.62. The smallest absolute Gasteiger partial charge is 0.326 e. The zero-order valence-electron chi connectivity index (χ0n) is 17.6. The van der Waals surface area contributed by atoms with Crippen LogP contribution in [0, 0.1) is 0 Å². The average Bonchev–Trinajstić information content (AvgIpc) is 3.32. The van der Waals surface area contributed by atoms with Gasteiger partial charge in [0.05, 0.1) is 17.6 Å². The second kappa shape index (κ2) is 8.11. The number of imide groups is 1. The number of amides is 3. The van der Waals surface area contributed by atoms with E-state index < -0.39 is 0 Å². The molecule has 3 heterocycles. The minimum Gasteiger partial charge on any atom is -0.338 e. The number of carbonyl (C=O) groups excluding carboxylic acids is 3. The van der Waals surface area contributed by atoms with E-state index in [4.69, 9.17) is 0 Å². The van der Waals surface area contributed by atoms with Crippen molar-refractivity contribution in [3.63, 3.8) is 0 Å². The van der Waals surface area contributed by atoms with Crippen LogP contribution in [0.1, 0.15) is 47.6 Å². The van der Waals surface area contributed by atoms with Gasteiger partial charge in [-0.25, -0.2) is 4.79 Å². The van der Waals surface area contributed by atoms with Crippen molar-refractivity contribution in [3.05, 3.63) is 70.1 Å². The fourth-order valence-corrected chi connectivity index (χ4v) is 4.68.